The number of rotatable bonds is 2. The molecule has 0 spiro atoms. The van der Waals surface area contributed by atoms with Crippen LogP contribution in [0.25, 0.3) is 10.9 Å². The lowest BCUT2D eigenvalue weighted by Crippen LogP contribution is -2.10. The molecule has 0 N–H and O–H groups in total. The van der Waals surface area contributed by atoms with Gasteiger partial charge in [0.25, 0.3) is 0 Å². The van der Waals surface area contributed by atoms with Gasteiger partial charge in [-0.15, -0.1) is 0 Å². The van der Waals surface area contributed by atoms with Crippen LogP contribution in [0.3, 0.4) is 0 Å². The van der Waals surface area contributed by atoms with Crippen LogP contribution in [0, 0.1) is 0 Å². The average Bonchev–Trinajstić information content (AvgIpc) is 2.44. The summed E-state index contributed by atoms with van der Waals surface area (Å²) in [6.07, 6.45) is 2.20. The maximum atomic E-state index is 3.56. The first-order valence-electron chi connectivity index (χ1n) is 5.06. The van der Waals surface area contributed by atoms with Gasteiger partial charge in [-0.25, -0.2) is 0 Å². The van der Waals surface area contributed by atoms with Gasteiger partial charge in [0.1, 0.15) is 0 Å². The molecule has 16 heavy (non-hydrogen) atoms. The van der Waals surface area contributed by atoms with Crippen molar-refractivity contribution in [2.75, 3.05) is 14.1 Å². The molecular weight excluding hydrogens is 332 g/mol. The highest BCUT2D eigenvalue weighted by Crippen LogP contribution is 2.31. The molecule has 86 valence electrons. The number of aromatic nitrogens is 1. The smallest absolute Gasteiger partial charge is 0.0493 e. The Hall–Kier alpha value is -0.320. The minimum atomic E-state index is 0.964. The molecule has 0 fully saturated rings. The van der Waals surface area contributed by atoms with E-state index in [1.165, 1.54) is 16.5 Å². The Labute approximate surface area is 112 Å². The van der Waals surface area contributed by atoms with Gasteiger partial charge >= 0.3 is 0 Å². The molecule has 0 amide bonds. The summed E-state index contributed by atoms with van der Waals surface area (Å²) >= 11 is 7.10. The normalized spacial score (nSPS) is 11.6. The van der Waals surface area contributed by atoms with Gasteiger partial charge in [-0.2, -0.15) is 0 Å². The van der Waals surface area contributed by atoms with Gasteiger partial charge in [-0.1, -0.05) is 0 Å². The lowest BCUT2D eigenvalue weighted by Gasteiger charge is -2.08. The fourth-order valence-electron chi connectivity index (χ4n) is 1.92. The Bertz CT molecular complexity index is 529. The van der Waals surface area contributed by atoms with E-state index < -0.39 is 0 Å². The molecule has 0 saturated heterocycles. The molecule has 0 radical (unpaired) electrons. The quantitative estimate of drug-likeness (QED) is 0.804. The largest absolute Gasteiger partial charge is 0.350 e. The minimum Gasteiger partial charge on any atom is -0.350 e. The molecule has 2 nitrogen and oxygen atoms in total. The topological polar surface area (TPSA) is 8.17 Å². The monoisotopic (exact) mass is 344 g/mol. The van der Waals surface area contributed by atoms with Crippen molar-refractivity contribution in [3.8, 4) is 0 Å². The lowest BCUT2D eigenvalue weighted by atomic mass is 10.2. The highest BCUT2D eigenvalue weighted by atomic mass is 79.9. The van der Waals surface area contributed by atoms with E-state index in [-0.39, 0.29) is 0 Å². The van der Waals surface area contributed by atoms with Crippen molar-refractivity contribution in [3.05, 3.63) is 32.8 Å². The summed E-state index contributed by atoms with van der Waals surface area (Å²) in [5.74, 6) is 0. The summed E-state index contributed by atoms with van der Waals surface area (Å²) in [5, 5.41) is 1.31. The molecule has 2 rings (SSSR count). The zero-order valence-electron chi connectivity index (χ0n) is 9.59. The number of hydrogen-bond donors (Lipinski definition) is 0. The molecule has 0 bridgehead atoms. The van der Waals surface area contributed by atoms with E-state index in [2.05, 4.69) is 80.8 Å². The second-order valence-corrected chi connectivity index (χ2v) is 6.00. The van der Waals surface area contributed by atoms with Crippen LogP contribution in [0.1, 0.15) is 5.56 Å². The van der Waals surface area contributed by atoms with Crippen LogP contribution in [-0.4, -0.2) is 23.6 Å². The third-order valence-corrected chi connectivity index (χ3v) is 4.44. The second kappa shape index (κ2) is 4.51. The first-order chi connectivity index (χ1) is 7.49. The molecule has 1 aromatic heterocycles. The highest BCUT2D eigenvalue weighted by molar-refractivity contribution is 9.13. The molecule has 1 heterocycles. The number of fused-ring (bicyclic) bond motifs is 1. The number of nitrogens with zero attached hydrogens (tertiary/aromatic N) is 2. The Morgan fingerprint density at radius 2 is 1.81 bits per heavy atom. The number of aryl methyl sites for hydroxylation is 1. The first-order valence-corrected chi connectivity index (χ1v) is 6.65. The van der Waals surface area contributed by atoms with Gasteiger partial charge in [-0.05, 0) is 63.7 Å². The average molecular weight is 346 g/mol. The lowest BCUT2D eigenvalue weighted by molar-refractivity contribution is 0.404. The van der Waals surface area contributed by atoms with E-state index >= 15 is 0 Å². The van der Waals surface area contributed by atoms with Crippen LogP contribution < -0.4 is 0 Å². The molecule has 0 aliphatic carbocycles. The third kappa shape index (κ3) is 2.19. The van der Waals surface area contributed by atoms with Crippen LogP contribution >= 0.6 is 31.9 Å². The summed E-state index contributed by atoms with van der Waals surface area (Å²) < 4.78 is 4.37. The van der Waals surface area contributed by atoms with Crippen LogP contribution in [-0.2, 0) is 13.6 Å². The molecule has 1 aromatic carbocycles. The molecule has 0 atom stereocenters. The van der Waals surface area contributed by atoms with Crippen LogP contribution in [0.4, 0.5) is 0 Å². The summed E-state index contributed by atoms with van der Waals surface area (Å²) in [6, 6.07) is 4.33. The fourth-order valence-corrected chi connectivity index (χ4v) is 2.60. The van der Waals surface area contributed by atoms with Gasteiger partial charge in [-0.3, -0.25) is 0 Å². The maximum Gasteiger partial charge on any atom is 0.0493 e. The minimum absolute atomic E-state index is 0.964. The molecule has 0 aliphatic rings. The predicted octanol–water partition coefficient (Wildman–Crippen LogP) is 3.76. The Morgan fingerprint density at radius 3 is 2.44 bits per heavy atom. The Balaban J connectivity index is 2.64. The van der Waals surface area contributed by atoms with Crippen molar-refractivity contribution in [3.63, 3.8) is 0 Å². The SMILES string of the molecule is CN(C)Cc1cn(C)c2cc(Br)c(Br)cc12. The van der Waals surface area contributed by atoms with E-state index in [9.17, 15) is 0 Å². The van der Waals surface area contributed by atoms with E-state index in [1.54, 1.807) is 0 Å². The molecule has 4 heteroatoms. The number of hydrogen-bond acceptors (Lipinski definition) is 1. The van der Waals surface area contributed by atoms with Crippen LogP contribution in [0.2, 0.25) is 0 Å². The van der Waals surface area contributed by atoms with E-state index in [0.717, 1.165) is 15.5 Å². The second-order valence-electron chi connectivity index (χ2n) is 4.29. The maximum absolute atomic E-state index is 3.56. The zero-order chi connectivity index (χ0) is 11.9. The highest BCUT2D eigenvalue weighted by Gasteiger charge is 2.09. The summed E-state index contributed by atoms with van der Waals surface area (Å²) in [5.41, 5.74) is 2.61. The number of halogens is 2. The molecular formula is C12H14Br2N2. The summed E-state index contributed by atoms with van der Waals surface area (Å²) in [6.45, 7) is 0.964. The number of benzene rings is 1. The Morgan fingerprint density at radius 1 is 1.19 bits per heavy atom. The molecule has 0 aliphatic heterocycles. The van der Waals surface area contributed by atoms with Crippen molar-refractivity contribution in [2.24, 2.45) is 7.05 Å². The predicted molar refractivity (Wildman–Crippen MR) is 75.7 cm³/mol. The summed E-state index contributed by atoms with van der Waals surface area (Å²) in [4.78, 5) is 2.19. The molecule has 2 aromatic rings. The van der Waals surface area contributed by atoms with Crippen molar-refractivity contribution in [1.82, 2.24) is 9.47 Å². The van der Waals surface area contributed by atoms with Gasteiger partial charge in [0.05, 0.1) is 0 Å². The van der Waals surface area contributed by atoms with Crippen LogP contribution in [0.15, 0.2) is 27.3 Å². The first kappa shape index (κ1) is 12.1. The van der Waals surface area contributed by atoms with Gasteiger partial charge in [0.15, 0.2) is 0 Å². The van der Waals surface area contributed by atoms with Crippen molar-refractivity contribution in [2.45, 2.75) is 6.54 Å². The van der Waals surface area contributed by atoms with Crippen molar-refractivity contribution in [1.29, 1.82) is 0 Å². The third-order valence-electron chi connectivity index (χ3n) is 2.60. The van der Waals surface area contributed by atoms with Crippen LogP contribution in [0.5, 0.6) is 0 Å². The Kier molecular flexibility index (Phi) is 3.42. The van der Waals surface area contributed by atoms with Gasteiger partial charge in [0, 0.05) is 39.6 Å². The van der Waals surface area contributed by atoms with E-state index in [0.29, 0.717) is 0 Å². The van der Waals surface area contributed by atoms with E-state index in [1.807, 2.05) is 0 Å². The summed E-state index contributed by atoms with van der Waals surface area (Å²) in [7, 11) is 6.27. The standard InChI is InChI=1S/C12H14Br2N2/c1-15(2)6-8-7-16(3)12-5-11(14)10(13)4-9(8)12/h4-5,7H,6H2,1-3H3. The van der Waals surface area contributed by atoms with Gasteiger partial charge < -0.3 is 9.47 Å². The van der Waals surface area contributed by atoms with Gasteiger partial charge in [0.2, 0.25) is 0 Å². The van der Waals surface area contributed by atoms with Crippen molar-refractivity contribution < 1.29 is 0 Å². The molecule has 0 saturated carbocycles. The zero-order valence-corrected chi connectivity index (χ0v) is 12.8. The van der Waals surface area contributed by atoms with Crippen molar-refractivity contribution >= 4 is 42.8 Å². The van der Waals surface area contributed by atoms with E-state index in [4.69, 9.17) is 0 Å². The fraction of sp³-hybridized carbons (Fsp3) is 0.333. The molecule has 0 unspecified atom stereocenters.